The number of halogens is 1. The third-order valence-corrected chi connectivity index (χ3v) is 5.49. The van der Waals surface area contributed by atoms with Crippen LogP contribution < -0.4 is 4.74 Å². The summed E-state index contributed by atoms with van der Waals surface area (Å²) in [7, 11) is 0. The minimum absolute atomic E-state index is 0.0351. The topological polar surface area (TPSA) is 51.7 Å². The van der Waals surface area contributed by atoms with Crippen LogP contribution in [-0.4, -0.2) is 35.1 Å². The molecule has 3 aromatic rings. The van der Waals surface area contributed by atoms with E-state index in [9.17, 15) is 4.79 Å². The van der Waals surface area contributed by atoms with E-state index in [-0.39, 0.29) is 12.0 Å². The van der Waals surface area contributed by atoms with Crippen LogP contribution in [0.25, 0.3) is 0 Å². The van der Waals surface area contributed by atoms with Crippen LogP contribution in [0.1, 0.15) is 34.3 Å². The van der Waals surface area contributed by atoms with E-state index >= 15 is 0 Å². The lowest BCUT2D eigenvalue weighted by Crippen LogP contribution is -2.30. The highest BCUT2D eigenvalue weighted by atomic mass is 35.5. The molecule has 0 aliphatic carbocycles. The Balaban J connectivity index is 1.53. The molecule has 5 nitrogen and oxygen atoms in total. The summed E-state index contributed by atoms with van der Waals surface area (Å²) >= 11 is 6.43. The van der Waals surface area contributed by atoms with E-state index in [4.69, 9.17) is 21.1 Å². The number of hydrogen-bond acceptors (Lipinski definition) is 4. The fraction of sp³-hybridized carbons (Fsp3) is 0.280. The molecule has 1 aromatic heterocycles. The highest BCUT2D eigenvalue weighted by molar-refractivity contribution is 6.32. The van der Waals surface area contributed by atoms with Crippen LogP contribution in [0.4, 0.5) is 0 Å². The Bertz CT molecular complexity index is 951. The zero-order chi connectivity index (χ0) is 21.5. The van der Waals surface area contributed by atoms with E-state index in [0.717, 1.165) is 24.0 Å². The molecule has 0 bridgehead atoms. The van der Waals surface area contributed by atoms with Crippen LogP contribution in [0.2, 0.25) is 5.02 Å². The molecule has 1 aliphatic rings. The van der Waals surface area contributed by atoms with Crippen molar-refractivity contribution in [2.45, 2.75) is 32.0 Å². The molecular formula is C25H25ClN2O3. The molecule has 1 amide bonds. The first-order chi connectivity index (χ1) is 15.2. The van der Waals surface area contributed by atoms with E-state index < -0.39 is 0 Å². The maximum Gasteiger partial charge on any atom is 0.256 e. The molecule has 1 saturated heterocycles. The summed E-state index contributed by atoms with van der Waals surface area (Å²) < 4.78 is 11.3. The fourth-order valence-electron chi connectivity index (χ4n) is 3.57. The fourth-order valence-corrected chi connectivity index (χ4v) is 3.78. The molecule has 0 radical (unpaired) electrons. The number of benzene rings is 2. The van der Waals surface area contributed by atoms with Crippen LogP contribution in [0.5, 0.6) is 5.88 Å². The summed E-state index contributed by atoms with van der Waals surface area (Å²) in [6.45, 7) is 2.33. The minimum Gasteiger partial charge on any atom is -0.473 e. The molecule has 0 atom stereocenters. The van der Waals surface area contributed by atoms with Gasteiger partial charge in [-0.05, 0) is 17.2 Å². The van der Waals surface area contributed by atoms with Crippen molar-refractivity contribution in [2.75, 3.05) is 13.2 Å². The van der Waals surface area contributed by atoms with Gasteiger partial charge in [-0.15, -0.1) is 0 Å². The lowest BCUT2D eigenvalue weighted by atomic mass is 10.1. The van der Waals surface area contributed by atoms with Crippen molar-refractivity contribution in [2.24, 2.45) is 0 Å². The molecule has 0 unspecified atom stereocenters. The van der Waals surface area contributed by atoms with E-state index in [0.29, 0.717) is 42.8 Å². The average Bonchev–Trinajstić information content (AvgIpc) is 2.81. The van der Waals surface area contributed by atoms with Crippen molar-refractivity contribution >= 4 is 17.5 Å². The zero-order valence-electron chi connectivity index (χ0n) is 17.2. The third-order valence-electron chi connectivity index (χ3n) is 5.22. The van der Waals surface area contributed by atoms with Crippen LogP contribution in [0, 0.1) is 0 Å². The number of aromatic nitrogens is 1. The molecule has 31 heavy (non-hydrogen) atoms. The number of carbonyl (C=O) groups excluding carboxylic acids is 1. The van der Waals surface area contributed by atoms with Gasteiger partial charge in [0.2, 0.25) is 5.88 Å². The summed E-state index contributed by atoms with van der Waals surface area (Å²) in [5.74, 6) is 0.238. The quantitative estimate of drug-likeness (QED) is 0.515. The molecule has 0 saturated carbocycles. The smallest absolute Gasteiger partial charge is 0.256 e. The van der Waals surface area contributed by atoms with Crippen LogP contribution >= 0.6 is 11.6 Å². The standard InChI is InChI=1S/C25H25ClN2O3/c26-23-15-21(16-27-24(23)31-22-11-13-30-14-12-22)25(29)28(17-19-7-3-1-4-8-19)18-20-9-5-2-6-10-20/h1-10,15-16,22H,11-14,17-18H2. The molecule has 2 heterocycles. The number of carbonyl (C=O) groups is 1. The Morgan fingerprint density at radius 3 is 2.13 bits per heavy atom. The van der Waals surface area contributed by atoms with E-state index in [1.165, 1.54) is 0 Å². The van der Waals surface area contributed by atoms with Gasteiger partial charge in [-0.2, -0.15) is 0 Å². The summed E-state index contributed by atoms with van der Waals surface area (Å²) in [6, 6.07) is 21.5. The van der Waals surface area contributed by atoms with Crippen LogP contribution in [0.3, 0.4) is 0 Å². The van der Waals surface area contributed by atoms with Gasteiger partial charge in [0.25, 0.3) is 5.91 Å². The molecular weight excluding hydrogens is 412 g/mol. The number of hydrogen-bond donors (Lipinski definition) is 0. The number of amides is 1. The molecule has 6 heteroatoms. The van der Waals surface area contributed by atoms with Crippen molar-refractivity contribution in [1.29, 1.82) is 0 Å². The second-order valence-electron chi connectivity index (χ2n) is 7.57. The predicted molar refractivity (Wildman–Crippen MR) is 120 cm³/mol. The monoisotopic (exact) mass is 436 g/mol. The molecule has 4 rings (SSSR count). The van der Waals surface area contributed by atoms with Gasteiger partial charge in [0, 0.05) is 32.1 Å². The molecule has 160 valence electrons. The summed E-state index contributed by atoms with van der Waals surface area (Å²) in [6.07, 6.45) is 3.19. The molecule has 1 aliphatic heterocycles. The second-order valence-corrected chi connectivity index (χ2v) is 7.98. The maximum atomic E-state index is 13.4. The van der Waals surface area contributed by atoms with Gasteiger partial charge in [0.05, 0.1) is 18.8 Å². The van der Waals surface area contributed by atoms with Gasteiger partial charge in [-0.25, -0.2) is 4.98 Å². The zero-order valence-corrected chi connectivity index (χ0v) is 18.0. The number of ether oxygens (including phenoxy) is 2. The molecule has 0 N–H and O–H groups in total. The first-order valence-electron chi connectivity index (χ1n) is 10.5. The van der Waals surface area contributed by atoms with Crippen LogP contribution in [-0.2, 0) is 17.8 Å². The van der Waals surface area contributed by atoms with Crippen molar-refractivity contribution in [3.8, 4) is 5.88 Å². The van der Waals surface area contributed by atoms with E-state index in [1.807, 2.05) is 60.7 Å². The lowest BCUT2D eigenvalue weighted by Gasteiger charge is -2.24. The normalized spacial score (nSPS) is 14.2. The number of pyridine rings is 1. The van der Waals surface area contributed by atoms with Crippen molar-refractivity contribution in [1.82, 2.24) is 9.88 Å². The van der Waals surface area contributed by atoms with Gasteiger partial charge >= 0.3 is 0 Å². The largest absolute Gasteiger partial charge is 0.473 e. The van der Waals surface area contributed by atoms with Gasteiger partial charge in [0.1, 0.15) is 11.1 Å². The summed E-state index contributed by atoms with van der Waals surface area (Å²) in [5, 5.41) is 0.344. The first-order valence-corrected chi connectivity index (χ1v) is 10.8. The van der Waals surface area contributed by atoms with E-state index in [1.54, 1.807) is 17.2 Å². The van der Waals surface area contributed by atoms with E-state index in [2.05, 4.69) is 4.98 Å². The predicted octanol–water partition coefficient (Wildman–Crippen LogP) is 5.14. The maximum absolute atomic E-state index is 13.4. The second kappa shape index (κ2) is 10.4. The van der Waals surface area contributed by atoms with Crippen molar-refractivity contribution < 1.29 is 14.3 Å². The van der Waals surface area contributed by atoms with Gasteiger partial charge < -0.3 is 14.4 Å². The van der Waals surface area contributed by atoms with Crippen LogP contribution in [0.15, 0.2) is 72.9 Å². The summed E-state index contributed by atoms with van der Waals surface area (Å²) in [5.41, 5.74) is 2.56. The minimum atomic E-state index is -0.125. The van der Waals surface area contributed by atoms with Gasteiger partial charge in [0.15, 0.2) is 0 Å². The number of rotatable bonds is 7. The summed E-state index contributed by atoms with van der Waals surface area (Å²) in [4.78, 5) is 19.5. The highest BCUT2D eigenvalue weighted by Crippen LogP contribution is 2.26. The molecule has 2 aromatic carbocycles. The highest BCUT2D eigenvalue weighted by Gasteiger charge is 2.21. The lowest BCUT2D eigenvalue weighted by molar-refractivity contribution is 0.0238. The Labute approximate surface area is 187 Å². The average molecular weight is 437 g/mol. The Kier molecular flexibility index (Phi) is 7.18. The van der Waals surface area contributed by atoms with Gasteiger partial charge in [-0.1, -0.05) is 72.3 Å². The Morgan fingerprint density at radius 2 is 1.58 bits per heavy atom. The SMILES string of the molecule is O=C(c1cnc(OC2CCOCC2)c(Cl)c1)N(Cc1ccccc1)Cc1ccccc1. The van der Waals surface area contributed by atoms with Crippen molar-refractivity contribution in [3.63, 3.8) is 0 Å². The number of nitrogens with zero attached hydrogens (tertiary/aromatic N) is 2. The Morgan fingerprint density at radius 1 is 1.00 bits per heavy atom. The van der Waals surface area contributed by atoms with Crippen molar-refractivity contribution in [3.05, 3.63) is 94.6 Å². The first kappa shape index (κ1) is 21.3. The molecule has 1 fully saturated rings. The van der Waals surface area contributed by atoms with Gasteiger partial charge in [-0.3, -0.25) is 4.79 Å². The molecule has 0 spiro atoms. The Hall–Kier alpha value is -2.89. The third kappa shape index (κ3) is 5.84.